The SMILES string of the molecule is COC1CN(CCC(N)C2CC2)CC1OC. The molecule has 4 nitrogen and oxygen atoms in total. The van der Waals surface area contributed by atoms with Gasteiger partial charge in [-0.15, -0.1) is 0 Å². The monoisotopic (exact) mass is 228 g/mol. The van der Waals surface area contributed by atoms with Gasteiger partial charge in [0.15, 0.2) is 0 Å². The zero-order valence-corrected chi connectivity index (χ0v) is 10.4. The van der Waals surface area contributed by atoms with E-state index in [1.54, 1.807) is 14.2 Å². The molecule has 3 unspecified atom stereocenters. The minimum Gasteiger partial charge on any atom is -0.377 e. The first-order valence-electron chi connectivity index (χ1n) is 6.28. The first-order chi connectivity index (χ1) is 7.74. The van der Waals surface area contributed by atoms with Crippen molar-refractivity contribution in [1.29, 1.82) is 0 Å². The second kappa shape index (κ2) is 5.45. The van der Waals surface area contributed by atoms with E-state index in [9.17, 15) is 0 Å². The third kappa shape index (κ3) is 2.94. The van der Waals surface area contributed by atoms with E-state index in [4.69, 9.17) is 15.2 Å². The van der Waals surface area contributed by atoms with Gasteiger partial charge in [0.25, 0.3) is 0 Å². The normalized spacial score (nSPS) is 33.2. The van der Waals surface area contributed by atoms with Crippen LogP contribution in [0.15, 0.2) is 0 Å². The van der Waals surface area contributed by atoms with E-state index in [1.165, 1.54) is 12.8 Å². The number of hydrogen-bond donors (Lipinski definition) is 1. The second-order valence-electron chi connectivity index (χ2n) is 5.10. The minimum absolute atomic E-state index is 0.224. The zero-order chi connectivity index (χ0) is 11.5. The number of nitrogens with zero attached hydrogens (tertiary/aromatic N) is 1. The summed E-state index contributed by atoms with van der Waals surface area (Å²) in [6, 6.07) is 0.405. The molecule has 1 aliphatic heterocycles. The van der Waals surface area contributed by atoms with Gasteiger partial charge in [0, 0.05) is 33.4 Å². The molecule has 94 valence electrons. The average molecular weight is 228 g/mol. The molecule has 0 aromatic rings. The Bertz CT molecular complexity index is 209. The van der Waals surface area contributed by atoms with Crippen LogP contribution < -0.4 is 5.73 Å². The van der Waals surface area contributed by atoms with Crippen molar-refractivity contribution in [1.82, 2.24) is 4.90 Å². The van der Waals surface area contributed by atoms with Crippen molar-refractivity contribution in [2.24, 2.45) is 11.7 Å². The van der Waals surface area contributed by atoms with E-state index < -0.39 is 0 Å². The van der Waals surface area contributed by atoms with Crippen molar-refractivity contribution in [2.75, 3.05) is 33.9 Å². The van der Waals surface area contributed by atoms with Crippen LogP contribution in [0.25, 0.3) is 0 Å². The number of nitrogens with two attached hydrogens (primary N) is 1. The van der Waals surface area contributed by atoms with E-state index >= 15 is 0 Å². The smallest absolute Gasteiger partial charge is 0.0971 e. The van der Waals surface area contributed by atoms with Gasteiger partial charge in [-0.25, -0.2) is 0 Å². The fraction of sp³-hybridized carbons (Fsp3) is 1.00. The number of ether oxygens (including phenoxy) is 2. The molecule has 1 heterocycles. The van der Waals surface area contributed by atoms with Crippen molar-refractivity contribution in [3.63, 3.8) is 0 Å². The van der Waals surface area contributed by atoms with E-state index in [0.29, 0.717) is 6.04 Å². The second-order valence-corrected chi connectivity index (χ2v) is 5.10. The highest BCUT2D eigenvalue weighted by atomic mass is 16.5. The molecule has 0 aromatic carbocycles. The summed E-state index contributed by atoms with van der Waals surface area (Å²) >= 11 is 0. The number of methoxy groups -OCH3 is 2. The van der Waals surface area contributed by atoms with Gasteiger partial charge >= 0.3 is 0 Å². The molecule has 0 amide bonds. The third-order valence-corrected chi connectivity index (χ3v) is 3.90. The fourth-order valence-electron chi connectivity index (χ4n) is 2.55. The molecule has 1 saturated heterocycles. The predicted molar refractivity (Wildman–Crippen MR) is 63.4 cm³/mol. The van der Waals surface area contributed by atoms with Gasteiger partial charge < -0.3 is 15.2 Å². The predicted octanol–water partition coefficient (Wildman–Crippen LogP) is 0.459. The molecule has 0 bridgehead atoms. The van der Waals surface area contributed by atoms with Gasteiger partial charge in [0.2, 0.25) is 0 Å². The van der Waals surface area contributed by atoms with Crippen LogP contribution in [-0.2, 0) is 9.47 Å². The summed E-state index contributed by atoms with van der Waals surface area (Å²) in [6.07, 6.45) is 4.23. The molecule has 4 heteroatoms. The Labute approximate surface area is 98.1 Å². The third-order valence-electron chi connectivity index (χ3n) is 3.90. The molecule has 0 aromatic heterocycles. The quantitative estimate of drug-likeness (QED) is 0.717. The average Bonchev–Trinajstić information content (AvgIpc) is 3.06. The van der Waals surface area contributed by atoms with Crippen LogP contribution in [0.1, 0.15) is 19.3 Å². The summed E-state index contributed by atoms with van der Waals surface area (Å²) in [4.78, 5) is 2.41. The summed E-state index contributed by atoms with van der Waals surface area (Å²) in [5, 5.41) is 0. The lowest BCUT2D eigenvalue weighted by molar-refractivity contribution is -0.00461. The van der Waals surface area contributed by atoms with Crippen molar-refractivity contribution in [2.45, 2.75) is 37.5 Å². The Hall–Kier alpha value is -0.160. The molecule has 2 N–H and O–H groups in total. The molecule has 2 rings (SSSR count). The van der Waals surface area contributed by atoms with Crippen LogP contribution in [0.3, 0.4) is 0 Å². The van der Waals surface area contributed by atoms with Crippen molar-refractivity contribution in [3.8, 4) is 0 Å². The van der Waals surface area contributed by atoms with Crippen LogP contribution >= 0.6 is 0 Å². The Morgan fingerprint density at radius 3 is 2.19 bits per heavy atom. The van der Waals surface area contributed by atoms with Crippen molar-refractivity contribution in [3.05, 3.63) is 0 Å². The van der Waals surface area contributed by atoms with Crippen LogP contribution in [0.5, 0.6) is 0 Å². The number of likely N-dealkylation sites (tertiary alicyclic amines) is 1. The van der Waals surface area contributed by atoms with Gasteiger partial charge in [-0.3, -0.25) is 4.90 Å². The van der Waals surface area contributed by atoms with Gasteiger partial charge in [-0.05, 0) is 31.7 Å². The summed E-state index contributed by atoms with van der Waals surface area (Å²) in [5.41, 5.74) is 6.10. The molecule has 3 atom stereocenters. The van der Waals surface area contributed by atoms with Gasteiger partial charge in [0.1, 0.15) is 0 Å². The Morgan fingerprint density at radius 2 is 1.75 bits per heavy atom. The first kappa shape index (κ1) is 12.3. The van der Waals surface area contributed by atoms with E-state index in [2.05, 4.69) is 4.90 Å². The summed E-state index contributed by atoms with van der Waals surface area (Å²) < 4.78 is 10.8. The molecule has 1 aliphatic carbocycles. The lowest BCUT2D eigenvalue weighted by Gasteiger charge is -2.18. The van der Waals surface area contributed by atoms with Gasteiger partial charge in [0.05, 0.1) is 12.2 Å². The van der Waals surface area contributed by atoms with Crippen LogP contribution in [-0.4, -0.2) is 57.0 Å². The Kier molecular flexibility index (Phi) is 4.19. The maximum absolute atomic E-state index is 6.10. The highest BCUT2D eigenvalue weighted by Gasteiger charge is 2.34. The summed E-state index contributed by atoms with van der Waals surface area (Å²) in [7, 11) is 3.52. The van der Waals surface area contributed by atoms with Gasteiger partial charge in [-0.2, -0.15) is 0 Å². The topological polar surface area (TPSA) is 47.7 Å². The zero-order valence-electron chi connectivity index (χ0n) is 10.4. The minimum atomic E-state index is 0.224. The van der Waals surface area contributed by atoms with Crippen LogP contribution in [0.2, 0.25) is 0 Å². The lowest BCUT2D eigenvalue weighted by atomic mass is 10.1. The number of hydrogen-bond acceptors (Lipinski definition) is 4. The molecule has 16 heavy (non-hydrogen) atoms. The van der Waals surface area contributed by atoms with Crippen molar-refractivity contribution >= 4 is 0 Å². The Morgan fingerprint density at radius 1 is 1.19 bits per heavy atom. The standard InChI is InChI=1S/C12H24N2O2/c1-15-11-7-14(8-12(11)16-2)6-5-10(13)9-3-4-9/h9-12H,3-8,13H2,1-2H3. The summed E-state index contributed by atoms with van der Waals surface area (Å²) in [6.45, 7) is 3.04. The molecule has 0 radical (unpaired) electrons. The summed E-state index contributed by atoms with van der Waals surface area (Å²) in [5.74, 6) is 0.805. The van der Waals surface area contributed by atoms with E-state index in [0.717, 1.165) is 32.0 Å². The molecular formula is C12H24N2O2. The van der Waals surface area contributed by atoms with Gasteiger partial charge in [-0.1, -0.05) is 0 Å². The Balaban J connectivity index is 1.70. The van der Waals surface area contributed by atoms with E-state index in [1.807, 2.05) is 0 Å². The highest BCUT2D eigenvalue weighted by molar-refractivity contribution is 4.88. The molecular weight excluding hydrogens is 204 g/mol. The molecule has 2 fully saturated rings. The maximum Gasteiger partial charge on any atom is 0.0971 e. The largest absolute Gasteiger partial charge is 0.377 e. The molecule has 1 saturated carbocycles. The molecule has 2 aliphatic rings. The fourth-order valence-corrected chi connectivity index (χ4v) is 2.55. The molecule has 0 spiro atoms. The maximum atomic E-state index is 6.10. The van der Waals surface area contributed by atoms with Crippen LogP contribution in [0, 0.1) is 5.92 Å². The van der Waals surface area contributed by atoms with Crippen LogP contribution in [0.4, 0.5) is 0 Å². The van der Waals surface area contributed by atoms with Crippen molar-refractivity contribution < 1.29 is 9.47 Å². The first-order valence-corrected chi connectivity index (χ1v) is 6.28. The van der Waals surface area contributed by atoms with E-state index in [-0.39, 0.29) is 12.2 Å². The number of rotatable bonds is 6. The lowest BCUT2D eigenvalue weighted by Crippen LogP contribution is -2.31. The highest BCUT2D eigenvalue weighted by Crippen LogP contribution is 2.33.